The van der Waals surface area contributed by atoms with Crippen LogP contribution in [0.25, 0.3) is 0 Å². The molecule has 0 atom stereocenters. The van der Waals surface area contributed by atoms with Gasteiger partial charge >= 0.3 is 0 Å². The lowest BCUT2D eigenvalue weighted by atomic mass is 10.1. The Bertz CT molecular complexity index is 531. The second-order valence-corrected chi connectivity index (χ2v) is 5.15. The van der Waals surface area contributed by atoms with E-state index in [1.165, 1.54) is 0 Å². The summed E-state index contributed by atoms with van der Waals surface area (Å²) in [6.45, 7) is 2.81. The largest absolute Gasteiger partial charge is 0.294 e. The van der Waals surface area contributed by atoms with Crippen molar-refractivity contribution in [3.05, 3.63) is 52.3 Å². The standard InChI is InChI=1S/C14H15BrN2O/c1-11-8-9-16-17(11)10-2-3-14(18)12-4-6-13(15)7-5-12/h4-9H,2-3,10H2,1H3. The van der Waals surface area contributed by atoms with Gasteiger partial charge in [0.25, 0.3) is 0 Å². The van der Waals surface area contributed by atoms with Gasteiger partial charge in [-0.25, -0.2) is 0 Å². The van der Waals surface area contributed by atoms with Crippen LogP contribution >= 0.6 is 15.9 Å². The SMILES string of the molecule is Cc1ccnn1CCCC(=O)c1ccc(Br)cc1. The third-order valence-electron chi connectivity index (χ3n) is 2.87. The lowest BCUT2D eigenvalue weighted by Crippen LogP contribution is -2.05. The van der Waals surface area contributed by atoms with Gasteiger partial charge in [0, 0.05) is 34.9 Å². The number of aryl methyl sites for hydroxylation is 2. The van der Waals surface area contributed by atoms with E-state index in [9.17, 15) is 4.79 Å². The highest BCUT2D eigenvalue weighted by atomic mass is 79.9. The number of carbonyl (C=O) groups excluding carboxylic acids is 1. The van der Waals surface area contributed by atoms with Gasteiger partial charge in [0.1, 0.15) is 0 Å². The van der Waals surface area contributed by atoms with Crippen molar-refractivity contribution in [2.24, 2.45) is 0 Å². The van der Waals surface area contributed by atoms with Crippen LogP contribution in [0.4, 0.5) is 0 Å². The molecule has 94 valence electrons. The van der Waals surface area contributed by atoms with E-state index in [1.54, 1.807) is 6.20 Å². The third kappa shape index (κ3) is 3.29. The molecule has 1 aromatic carbocycles. The van der Waals surface area contributed by atoms with Crippen molar-refractivity contribution >= 4 is 21.7 Å². The molecule has 3 nitrogen and oxygen atoms in total. The molecular formula is C14H15BrN2O. The lowest BCUT2D eigenvalue weighted by Gasteiger charge is -2.04. The van der Waals surface area contributed by atoms with Crippen LogP contribution in [0.3, 0.4) is 0 Å². The van der Waals surface area contributed by atoms with Crippen molar-refractivity contribution in [2.45, 2.75) is 26.3 Å². The maximum atomic E-state index is 11.9. The van der Waals surface area contributed by atoms with Crippen LogP contribution in [-0.4, -0.2) is 15.6 Å². The van der Waals surface area contributed by atoms with Gasteiger partial charge < -0.3 is 0 Å². The highest BCUT2D eigenvalue weighted by Gasteiger charge is 2.06. The Hall–Kier alpha value is -1.42. The Morgan fingerprint density at radius 3 is 2.61 bits per heavy atom. The summed E-state index contributed by atoms with van der Waals surface area (Å²) < 4.78 is 2.92. The number of aromatic nitrogens is 2. The van der Waals surface area contributed by atoms with E-state index in [1.807, 2.05) is 41.9 Å². The average molecular weight is 307 g/mol. The molecule has 0 amide bonds. The quantitative estimate of drug-likeness (QED) is 0.791. The summed E-state index contributed by atoms with van der Waals surface area (Å²) in [5.41, 5.74) is 1.90. The molecule has 0 N–H and O–H groups in total. The second kappa shape index (κ2) is 5.96. The fourth-order valence-corrected chi connectivity index (χ4v) is 2.07. The molecular weight excluding hydrogens is 292 g/mol. The van der Waals surface area contributed by atoms with Crippen LogP contribution in [0.15, 0.2) is 41.0 Å². The molecule has 0 saturated heterocycles. The second-order valence-electron chi connectivity index (χ2n) is 4.23. The molecule has 18 heavy (non-hydrogen) atoms. The fourth-order valence-electron chi connectivity index (χ4n) is 1.80. The Morgan fingerprint density at radius 2 is 2.00 bits per heavy atom. The first-order valence-corrected chi connectivity index (χ1v) is 6.73. The first kappa shape index (κ1) is 13.0. The number of Topliss-reactive ketones (excluding diaryl/α,β-unsaturated/α-hetero) is 1. The van der Waals surface area contributed by atoms with Gasteiger partial charge in [0.2, 0.25) is 0 Å². The van der Waals surface area contributed by atoms with Crippen molar-refractivity contribution in [1.29, 1.82) is 0 Å². The molecule has 0 radical (unpaired) electrons. The zero-order valence-corrected chi connectivity index (χ0v) is 11.9. The number of hydrogen-bond donors (Lipinski definition) is 0. The number of carbonyl (C=O) groups is 1. The van der Waals surface area contributed by atoms with E-state index < -0.39 is 0 Å². The molecule has 1 aromatic heterocycles. The molecule has 0 aliphatic rings. The third-order valence-corrected chi connectivity index (χ3v) is 3.40. The highest BCUT2D eigenvalue weighted by molar-refractivity contribution is 9.10. The summed E-state index contributed by atoms with van der Waals surface area (Å²) >= 11 is 3.36. The minimum absolute atomic E-state index is 0.187. The van der Waals surface area contributed by atoms with E-state index in [2.05, 4.69) is 21.0 Å². The number of benzene rings is 1. The van der Waals surface area contributed by atoms with Crippen molar-refractivity contribution in [1.82, 2.24) is 9.78 Å². The van der Waals surface area contributed by atoms with Crippen molar-refractivity contribution in [3.63, 3.8) is 0 Å². The van der Waals surface area contributed by atoms with Crippen LogP contribution in [0.5, 0.6) is 0 Å². The molecule has 0 spiro atoms. The van der Waals surface area contributed by atoms with Gasteiger partial charge in [-0.2, -0.15) is 5.10 Å². The van der Waals surface area contributed by atoms with E-state index >= 15 is 0 Å². The molecule has 0 fully saturated rings. The first-order chi connectivity index (χ1) is 8.66. The number of halogens is 1. The summed E-state index contributed by atoms with van der Waals surface area (Å²) in [6.07, 6.45) is 3.16. The molecule has 0 aliphatic heterocycles. The van der Waals surface area contributed by atoms with E-state index in [4.69, 9.17) is 0 Å². The Balaban J connectivity index is 1.85. The molecule has 0 unspecified atom stereocenters. The summed E-state index contributed by atoms with van der Waals surface area (Å²) in [4.78, 5) is 11.9. The van der Waals surface area contributed by atoms with Gasteiger partial charge in [-0.15, -0.1) is 0 Å². The minimum atomic E-state index is 0.187. The predicted molar refractivity (Wildman–Crippen MR) is 74.7 cm³/mol. The zero-order valence-electron chi connectivity index (χ0n) is 10.3. The number of hydrogen-bond acceptors (Lipinski definition) is 2. The van der Waals surface area contributed by atoms with Crippen LogP contribution in [0.1, 0.15) is 28.9 Å². The topological polar surface area (TPSA) is 34.9 Å². The molecule has 0 saturated carbocycles. The monoisotopic (exact) mass is 306 g/mol. The normalized spacial score (nSPS) is 10.6. The van der Waals surface area contributed by atoms with Gasteiger partial charge in [-0.1, -0.05) is 28.1 Å². The van der Waals surface area contributed by atoms with Crippen molar-refractivity contribution in [2.75, 3.05) is 0 Å². The summed E-state index contributed by atoms with van der Waals surface area (Å²) in [7, 11) is 0. The minimum Gasteiger partial charge on any atom is -0.294 e. The van der Waals surface area contributed by atoms with Crippen LogP contribution in [0.2, 0.25) is 0 Å². The molecule has 2 rings (SSSR count). The lowest BCUT2D eigenvalue weighted by molar-refractivity contribution is 0.0978. The van der Waals surface area contributed by atoms with Gasteiger partial charge in [0.15, 0.2) is 5.78 Å². The first-order valence-electron chi connectivity index (χ1n) is 5.94. The van der Waals surface area contributed by atoms with Crippen LogP contribution in [-0.2, 0) is 6.54 Å². The van der Waals surface area contributed by atoms with E-state index in [0.29, 0.717) is 6.42 Å². The van der Waals surface area contributed by atoms with Crippen LogP contribution in [0, 0.1) is 6.92 Å². The zero-order chi connectivity index (χ0) is 13.0. The average Bonchev–Trinajstić information content (AvgIpc) is 2.76. The summed E-state index contributed by atoms with van der Waals surface area (Å²) in [5, 5.41) is 4.20. The van der Waals surface area contributed by atoms with E-state index in [0.717, 1.165) is 28.7 Å². The maximum Gasteiger partial charge on any atom is 0.162 e. The van der Waals surface area contributed by atoms with Crippen molar-refractivity contribution in [3.8, 4) is 0 Å². The molecule has 0 aliphatic carbocycles. The number of nitrogens with zero attached hydrogens (tertiary/aromatic N) is 2. The number of ketones is 1. The summed E-state index contributed by atoms with van der Waals surface area (Å²) in [5.74, 6) is 0.187. The number of rotatable bonds is 5. The maximum absolute atomic E-state index is 11.9. The molecule has 4 heteroatoms. The highest BCUT2D eigenvalue weighted by Crippen LogP contribution is 2.13. The molecule has 1 heterocycles. The van der Waals surface area contributed by atoms with Crippen molar-refractivity contribution < 1.29 is 4.79 Å². The summed E-state index contributed by atoms with van der Waals surface area (Å²) in [6, 6.07) is 9.46. The van der Waals surface area contributed by atoms with Crippen LogP contribution < -0.4 is 0 Å². The van der Waals surface area contributed by atoms with Gasteiger partial charge in [-0.05, 0) is 31.5 Å². The predicted octanol–water partition coefficient (Wildman–Crippen LogP) is 3.62. The van der Waals surface area contributed by atoms with E-state index in [-0.39, 0.29) is 5.78 Å². The fraction of sp³-hybridized carbons (Fsp3) is 0.286. The van der Waals surface area contributed by atoms with Gasteiger partial charge in [-0.3, -0.25) is 9.48 Å². The van der Waals surface area contributed by atoms with Gasteiger partial charge in [0.05, 0.1) is 0 Å². The molecule has 2 aromatic rings. The smallest absolute Gasteiger partial charge is 0.162 e. The Labute approximate surface area is 115 Å². The molecule has 0 bridgehead atoms. The Morgan fingerprint density at radius 1 is 1.28 bits per heavy atom. The Kier molecular flexibility index (Phi) is 4.31.